The Hall–Kier alpha value is -2.21. The smallest absolute Gasteiger partial charge is 0.254 e. The number of hydrogen-bond donors (Lipinski definition) is 1. The molecule has 0 amide bonds. The summed E-state index contributed by atoms with van der Waals surface area (Å²) in [6.45, 7) is 9.65. The van der Waals surface area contributed by atoms with E-state index < -0.39 is 0 Å². The molecule has 4 rings (SSSR count). The minimum atomic E-state index is -0.0818. The summed E-state index contributed by atoms with van der Waals surface area (Å²) in [6.07, 6.45) is 7.04. The highest BCUT2D eigenvalue weighted by Crippen LogP contribution is 2.25. The molecular formula is C21H29N5O. The van der Waals surface area contributed by atoms with E-state index in [-0.39, 0.29) is 5.56 Å². The third-order valence-electron chi connectivity index (χ3n) is 6.07. The van der Waals surface area contributed by atoms with E-state index in [1.54, 1.807) is 6.92 Å². The molecule has 2 aliphatic rings. The first-order valence-electron chi connectivity index (χ1n) is 10.1. The van der Waals surface area contributed by atoms with Gasteiger partial charge in [-0.15, -0.1) is 0 Å². The number of nitrogens with one attached hydrogen (secondary N) is 1. The molecule has 4 heterocycles. The van der Waals surface area contributed by atoms with E-state index in [2.05, 4.69) is 24.8 Å². The summed E-state index contributed by atoms with van der Waals surface area (Å²) in [7, 11) is 0. The van der Waals surface area contributed by atoms with E-state index >= 15 is 0 Å². The van der Waals surface area contributed by atoms with Crippen LogP contribution >= 0.6 is 0 Å². The molecule has 0 atom stereocenters. The fraction of sp³-hybridized carbons (Fsp3) is 0.571. The molecule has 6 nitrogen and oxygen atoms in total. The van der Waals surface area contributed by atoms with Gasteiger partial charge in [0.05, 0.1) is 0 Å². The number of anilines is 1. The van der Waals surface area contributed by atoms with Gasteiger partial charge >= 0.3 is 0 Å². The molecule has 0 radical (unpaired) electrons. The van der Waals surface area contributed by atoms with Crippen molar-refractivity contribution >= 4 is 5.82 Å². The van der Waals surface area contributed by atoms with Crippen LogP contribution in [-0.4, -0.2) is 52.6 Å². The van der Waals surface area contributed by atoms with Gasteiger partial charge in [-0.1, -0.05) is 0 Å². The number of rotatable bonds is 4. The highest BCUT2D eigenvalue weighted by atomic mass is 16.1. The summed E-state index contributed by atoms with van der Waals surface area (Å²) >= 11 is 0. The molecule has 2 aromatic rings. The Morgan fingerprint density at radius 2 is 1.85 bits per heavy atom. The van der Waals surface area contributed by atoms with Crippen molar-refractivity contribution in [3.8, 4) is 11.4 Å². The van der Waals surface area contributed by atoms with E-state index in [0.29, 0.717) is 11.4 Å². The molecule has 0 bridgehead atoms. The van der Waals surface area contributed by atoms with E-state index in [1.165, 1.54) is 45.3 Å². The summed E-state index contributed by atoms with van der Waals surface area (Å²) in [5.41, 5.74) is 2.20. The molecule has 0 spiro atoms. The van der Waals surface area contributed by atoms with Crippen molar-refractivity contribution in [1.82, 2.24) is 19.9 Å². The number of pyridine rings is 1. The second-order valence-electron chi connectivity index (χ2n) is 7.97. The summed E-state index contributed by atoms with van der Waals surface area (Å²) in [4.78, 5) is 29.0. The molecule has 2 aliphatic heterocycles. The fourth-order valence-electron chi connectivity index (χ4n) is 4.17. The molecule has 0 saturated carbocycles. The molecule has 2 saturated heterocycles. The van der Waals surface area contributed by atoms with Gasteiger partial charge in [0.2, 0.25) is 0 Å². The molecule has 2 aromatic heterocycles. The predicted octanol–water partition coefficient (Wildman–Crippen LogP) is 2.76. The Labute approximate surface area is 160 Å². The third kappa shape index (κ3) is 4.05. The number of H-pyrrole nitrogens is 1. The first-order valence-corrected chi connectivity index (χ1v) is 10.1. The Morgan fingerprint density at radius 3 is 2.48 bits per heavy atom. The second-order valence-corrected chi connectivity index (χ2v) is 7.97. The Balaban J connectivity index is 1.39. The van der Waals surface area contributed by atoms with Crippen LogP contribution in [0.2, 0.25) is 0 Å². The zero-order valence-corrected chi connectivity index (χ0v) is 16.4. The van der Waals surface area contributed by atoms with Gasteiger partial charge in [0.1, 0.15) is 11.6 Å². The fourth-order valence-corrected chi connectivity index (χ4v) is 4.17. The highest BCUT2D eigenvalue weighted by molar-refractivity contribution is 5.56. The molecule has 144 valence electrons. The van der Waals surface area contributed by atoms with Crippen molar-refractivity contribution < 1.29 is 0 Å². The lowest BCUT2D eigenvalue weighted by Gasteiger charge is -2.34. The zero-order valence-electron chi connectivity index (χ0n) is 16.4. The molecule has 2 fully saturated rings. The SMILES string of the molecule is Cc1nc(-c2ccc(N3CCC(CN4CCCC4)CC3)nc2)[nH]c(=O)c1C. The summed E-state index contributed by atoms with van der Waals surface area (Å²) in [5, 5.41) is 0. The molecule has 27 heavy (non-hydrogen) atoms. The van der Waals surface area contributed by atoms with Gasteiger partial charge in [0.15, 0.2) is 0 Å². The molecular weight excluding hydrogens is 338 g/mol. The van der Waals surface area contributed by atoms with Gasteiger partial charge in [-0.3, -0.25) is 4.79 Å². The number of likely N-dealkylation sites (tertiary alicyclic amines) is 1. The third-order valence-corrected chi connectivity index (χ3v) is 6.07. The van der Waals surface area contributed by atoms with Gasteiger partial charge < -0.3 is 14.8 Å². The van der Waals surface area contributed by atoms with Crippen molar-refractivity contribution in [3.63, 3.8) is 0 Å². The van der Waals surface area contributed by atoms with Crippen LogP contribution in [0.3, 0.4) is 0 Å². The Morgan fingerprint density at radius 1 is 1.11 bits per heavy atom. The van der Waals surface area contributed by atoms with Gasteiger partial charge in [-0.25, -0.2) is 9.97 Å². The van der Waals surface area contributed by atoms with Crippen molar-refractivity contribution in [2.45, 2.75) is 39.5 Å². The quantitative estimate of drug-likeness (QED) is 0.900. The van der Waals surface area contributed by atoms with Crippen molar-refractivity contribution in [2.24, 2.45) is 5.92 Å². The van der Waals surface area contributed by atoms with E-state index in [0.717, 1.165) is 36.1 Å². The summed E-state index contributed by atoms with van der Waals surface area (Å²) in [6, 6.07) is 4.05. The maximum atomic E-state index is 12.0. The highest BCUT2D eigenvalue weighted by Gasteiger charge is 2.23. The van der Waals surface area contributed by atoms with Crippen LogP contribution in [0.15, 0.2) is 23.1 Å². The minimum absolute atomic E-state index is 0.0818. The average Bonchev–Trinajstić information content (AvgIpc) is 3.19. The van der Waals surface area contributed by atoms with Gasteiger partial charge in [-0.05, 0) is 70.7 Å². The minimum Gasteiger partial charge on any atom is -0.357 e. The summed E-state index contributed by atoms with van der Waals surface area (Å²) in [5.74, 6) is 2.43. The van der Waals surface area contributed by atoms with Crippen molar-refractivity contribution in [2.75, 3.05) is 37.6 Å². The van der Waals surface area contributed by atoms with Gasteiger partial charge in [0.25, 0.3) is 5.56 Å². The number of nitrogens with zero attached hydrogens (tertiary/aromatic N) is 4. The van der Waals surface area contributed by atoms with Crippen LogP contribution in [0.4, 0.5) is 5.82 Å². The van der Waals surface area contributed by atoms with Crippen LogP contribution in [0.25, 0.3) is 11.4 Å². The van der Waals surface area contributed by atoms with E-state index in [9.17, 15) is 4.79 Å². The van der Waals surface area contributed by atoms with Crippen molar-refractivity contribution in [1.29, 1.82) is 0 Å². The number of piperidine rings is 1. The van der Waals surface area contributed by atoms with E-state index in [4.69, 9.17) is 0 Å². The van der Waals surface area contributed by atoms with Gasteiger partial charge in [-0.2, -0.15) is 0 Å². The molecule has 0 unspecified atom stereocenters. The topological polar surface area (TPSA) is 65.1 Å². The molecule has 0 aliphatic carbocycles. The van der Waals surface area contributed by atoms with Crippen LogP contribution in [0.5, 0.6) is 0 Å². The maximum absolute atomic E-state index is 12.0. The van der Waals surface area contributed by atoms with E-state index in [1.807, 2.05) is 25.3 Å². The normalized spacial score (nSPS) is 19.0. The molecule has 0 aromatic carbocycles. The second kappa shape index (κ2) is 7.80. The van der Waals surface area contributed by atoms with Crippen LogP contribution in [0, 0.1) is 19.8 Å². The zero-order chi connectivity index (χ0) is 18.8. The summed E-state index contributed by atoms with van der Waals surface area (Å²) < 4.78 is 0. The first kappa shape index (κ1) is 18.2. The Bertz CT molecular complexity index is 831. The average molecular weight is 367 g/mol. The standard InChI is InChI=1S/C21H29N5O/c1-15-16(2)23-20(24-21(15)27)18-5-6-19(22-13-18)26-11-7-17(8-12-26)14-25-9-3-4-10-25/h5-6,13,17H,3-4,7-12,14H2,1-2H3,(H,23,24,27). The van der Waals surface area contributed by atoms with Crippen LogP contribution < -0.4 is 10.5 Å². The largest absolute Gasteiger partial charge is 0.357 e. The predicted molar refractivity (Wildman–Crippen MR) is 108 cm³/mol. The number of aromatic amines is 1. The lowest BCUT2D eigenvalue weighted by atomic mass is 9.96. The van der Waals surface area contributed by atoms with Crippen LogP contribution in [-0.2, 0) is 0 Å². The number of aromatic nitrogens is 3. The maximum Gasteiger partial charge on any atom is 0.254 e. The lowest BCUT2D eigenvalue weighted by Crippen LogP contribution is -2.38. The number of aryl methyl sites for hydroxylation is 1. The number of hydrogen-bond acceptors (Lipinski definition) is 5. The Kier molecular flexibility index (Phi) is 5.25. The van der Waals surface area contributed by atoms with Crippen LogP contribution in [0.1, 0.15) is 36.9 Å². The molecule has 6 heteroatoms. The lowest BCUT2D eigenvalue weighted by molar-refractivity contribution is 0.249. The first-order chi connectivity index (χ1) is 13.1. The van der Waals surface area contributed by atoms with Gasteiger partial charge in [0, 0.05) is 42.7 Å². The van der Waals surface area contributed by atoms with Crippen molar-refractivity contribution in [3.05, 3.63) is 39.9 Å². The monoisotopic (exact) mass is 367 g/mol. The molecule has 1 N–H and O–H groups in total.